The van der Waals surface area contributed by atoms with Crippen LogP contribution in [0.25, 0.3) is 22.0 Å². The highest BCUT2D eigenvalue weighted by Crippen LogP contribution is 2.29. The van der Waals surface area contributed by atoms with Crippen molar-refractivity contribution in [1.29, 1.82) is 0 Å². The van der Waals surface area contributed by atoms with Gasteiger partial charge in [0.1, 0.15) is 12.1 Å². The lowest BCUT2D eigenvalue weighted by molar-refractivity contribution is -0.130. The summed E-state index contributed by atoms with van der Waals surface area (Å²) < 4.78 is 0. The summed E-state index contributed by atoms with van der Waals surface area (Å²) in [6.07, 6.45) is 6.87. The van der Waals surface area contributed by atoms with Gasteiger partial charge in [-0.15, -0.1) is 0 Å². The van der Waals surface area contributed by atoms with Gasteiger partial charge in [0.25, 0.3) is 5.91 Å². The number of nitrogens with zero attached hydrogens (tertiary/aromatic N) is 1. The summed E-state index contributed by atoms with van der Waals surface area (Å²) in [5, 5.41) is 19.6. The molecule has 2 heterocycles. The zero-order chi connectivity index (χ0) is 33.6. The molecule has 0 bridgehead atoms. The van der Waals surface area contributed by atoms with Crippen LogP contribution in [0, 0.1) is 18.8 Å². The van der Waals surface area contributed by atoms with Crippen molar-refractivity contribution < 1.29 is 19.2 Å². The van der Waals surface area contributed by atoms with Gasteiger partial charge in [0.05, 0.1) is 11.7 Å². The van der Waals surface area contributed by atoms with E-state index in [1.54, 1.807) is 12.3 Å². The van der Waals surface area contributed by atoms with Gasteiger partial charge in [-0.2, -0.15) is 5.10 Å². The highest BCUT2D eigenvalue weighted by atomic mass is 16.2. The summed E-state index contributed by atoms with van der Waals surface area (Å²) in [7, 11) is 0. The number of benzene rings is 3. The van der Waals surface area contributed by atoms with Crippen LogP contribution < -0.4 is 27.0 Å². The number of aryl methyl sites for hydroxylation is 1. The number of piperidine rings is 1. The molecule has 6 rings (SSSR count). The standard InChI is InChI=1S/C37H43N7O4/c1-22-17-27(35(46)42-31-3-2-16-39-36(31)47)13-15-30(22)25-8-4-23(5-9-25)18-33(43-34(45)26-10-6-24(20-38)7-11-26)37(48)41-29-14-12-28-21-40-44-32(28)19-29/h4-5,8-9,12-15,17,19,21,24,26,31,33H,2-3,6-7,10-11,16,18,20,38H2,1H3,(H,39,47)(H,40,44)(H,41,48)(H,42,46)(H,43,45)/t24-,26-,31?,33-/m0/s1. The Morgan fingerprint density at radius 1 is 0.979 bits per heavy atom. The Morgan fingerprint density at radius 3 is 2.50 bits per heavy atom. The lowest BCUT2D eigenvalue weighted by Crippen LogP contribution is -2.50. The van der Waals surface area contributed by atoms with Crippen molar-refractivity contribution in [2.45, 2.75) is 64.0 Å². The number of anilines is 1. The minimum Gasteiger partial charge on any atom is -0.354 e. The molecule has 2 atom stereocenters. The van der Waals surface area contributed by atoms with Gasteiger partial charge < -0.3 is 27.0 Å². The minimum absolute atomic E-state index is 0.102. The van der Waals surface area contributed by atoms with Gasteiger partial charge in [0.2, 0.25) is 17.7 Å². The summed E-state index contributed by atoms with van der Waals surface area (Å²) in [4.78, 5) is 52.0. The molecule has 250 valence electrons. The van der Waals surface area contributed by atoms with E-state index in [0.29, 0.717) is 43.1 Å². The normalized spacial score (nSPS) is 20.0. The minimum atomic E-state index is -0.779. The molecule has 4 aromatic rings. The summed E-state index contributed by atoms with van der Waals surface area (Å²) in [6, 6.07) is 17.6. The van der Waals surface area contributed by atoms with Crippen molar-refractivity contribution in [3.8, 4) is 11.1 Å². The van der Waals surface area contributed by atoms with Crippen LogP contribution in [0.3, 0.4) is 0 Å². The number of hydrogen-bond acceptors (Lipinski definition) is 6. The predicted octanol–water partition coefficient (Wildman–Crippen LogP) is 3.98. The first-order valence-corrected chi connectivity index (χ1v) is 16.8. The molecular weight excluding hydrogens is 606 g/mol. The number of rotatable bonds is 10. The number of aromatic nitrogens is 2. The fourth-order valence-electron chi connectivity index (χ4n) is 6.74. The van der Waals surface area contributed by atoms with E-state index in [0.717, 1.165) is 65.3 Å². The second-order valence-corrected chi connectivity index (χ2v) is 13.1. The van der Waals surface area contributed by atoms with E-state index >= 15 is 0 Å². The number of nitrogens with two attached hydrogens (primary N) is 1. The van der Waals surface area contributed by atoms with E-state index in [2.05, 4.69) is 31.5 Å². The third kappa shape index (κ3) is 7.74. The fraction of sp³-hybridized carbons (Fsp3) is 0.378. The first kappa shape index (κ1) is 32.9. The van der Waals surface area contributed by atoms with Crippen LogP contribution in [-0.4, -0.2) is 59.0 Å². The van der Waals surface area contributed by atoms with E-state index in [4.69, 9.17) is 5.73 Å². The SMILES string of the molecule is Cc1cc(C(=O)NC2CCCNC2=O)ccc1-c1ccc(C[C@H](NC(=O)[C@H]2CC[C@H](CN)CC2)C(=O)Nc2ccc3cn[nH]c3c2)cc1. The third-order valence-electron chi connectivity index (χ3n) is 9.68. The Balaban J connectivity index is 1.15. The van der Waals surface area contributed by atoms with Crippen molar-refractivity contribution in [2.75, 3.05) is 18.4 Å². The molecule has 1 aromatic heterocycles. The molecule has 1 aliphatic carbocycles. The predicted molar refractivity (Wildman–Crippen MR) is 185 cm³/mol. The first-order valence-electron chi connectivity index (χ1n) is 16.8. The second-order valence-electron chi connectivity index (χ2n) is 13.1. The smallest absolute Gasteiger partial charge is 0.251 e. The molecule has 1 unspecified atom stereocenters. The fourth-order valence-corrected chi connectivity index (χ4v) is 6.74. The van der Waals surface area contributed by atoms with E-state index in [9.17, 15) is 19.2 Å². The zero-order valence-corrected chi connectivity index (χ0v) is 27.2. The molecule has 1 saturated carbocycles. The van der Waals surface area contributed by atoms with Crippen LogP contribution in [-0.2, 0) is 20.8 Å². The van der Waals surface area contributed by atoms with E-state index in [-0.39, 0.29) is 29.5 Å². The molecule has 4 amide bonds. The summed E-state index contributed by atoms with van der Waals surface area (Å²) in [5.41, 5.74) is 11.5. The Hall–Kier alpha value is -5.03. The van der Waals surface area contributed by atoms with Gasteiger partial charge in [-0.3, -0.25) is 24.3 Å². The summed E-state index contributed by atoms with van der Waals surface area (Å²) in [6.45, 7) is 3.22. The van der Waals surface area contributed by atoms with Gasteiger partial charge in [0, 0.05) is 35.5 Å². The maximum absolute atomic E-state index is 13.6. The van der Waals surface area contributed by atoms with Crippen molar-refractivity contribution in [1.82, 2.24) is 26.1 Å². The summed E-state index contributed by atoms with van der Waals surface area (Å²) in [5.74, 6) is -0.504. The lowest BCUT2D eigenvalue weighted by atomic mass is 9.81. The van der Waals surface area contributed by atoms with Crippen molar-refractivity contribution in [3.63, 3.8) is 0 Å². The van der Waals surface area contributed by atoms with Gasteiger partial charge in [0.15, 0.2) is 0 Å². The first-order chi connectivity index (χ1) is 23.3. The Kier molecular flexibility index (Phi) is 10.1. The monoisotopic (exact) mass is 649 g/mol. The lowest BCUT2D eigenvalue weighted by Gasteiger charge is -2.28. The molecular formula is C37H43N7O4. The molecule has 11 nitrogen and oxygen atoms in total. The van der Waals surface area contributed by atoms with E-state index in [1.807, 2.05) is 61.5 Å². The van der Waals surface area contributed by atoms with Crippen LogP contribution >= 0.6 is 0 Å². The van der Waals surface area contributed by atoms with E-state index < -0.39 is 12.1 Å². The molecule has 1 saturated heterocycles. The number of carbonyl (C=O) groups is 4. The maximum Gasteiger partial charge on any atom is 0.251 e. The van der Waals surface area contributed by atoms with Crippen LogP contribution in [0.2, 0.25) is 0 Å². The topological polar surface area (TPSA) is 171 Å². The highest BCUT2D eigenvalue weighted by molar-refractivity contribution is 5.99. The highest BCUT2D eigenvalue weighted by Gasteiger charge is 2.30. The average molecular weight is 650 g/mol. The van der Waals surface area contributed by atoms with Gasteiger partial charge >= 0.3 is 0 Å². The number of fused-ring (bicyclic) bond motifs is 1. The van der Waals surface area contributed by atoms with Gasteiger partial charge in [-0.25, -0.2) is 0 Å². The Morgan fingerprint density at radius 2 is 1.77 bits per heavy atom. The molecule has 2 fully saturated rings. The average Bonchev–Trinajstić information content (AvgIpc) is 3.57. The number of H-pyrrole nitrogens is 1. The molecule has 1 aliphatic heterocycles. The number of carbonyl (C=O) groups excluding carboxylic acids is 4. The van der Waals surface area contributed by atoms with Crippen molar-refractivity contribution in [2.24, 2.45) is 17.6 Å². The Labute approximate surface area is 279 Å². The van der Waals surface area contributed by atoms with Gasteiger partial charge in [-0.05, 0) is 110 Å². The van der Waals surface area contributed by atoms with Crippen molar-refractivity contribution in [3.05, 3.63) is 83.6 Å². The molecule has 7 N–H and O–H groups in total. The van der Waals surface area contributed by atoms with Crippen LogP contribution in [0.4, 0.5) is 5.69 Å². The second kappa shape index (κ2) is 14.8. The van der Waals surface area contributed by atoms with Crippen LogP contribution in [0.1, 0.15) is 60.0 Å². The molecule has 11 heteroatoms. The summed E-state index contributed by atoms with van der Waals surface area (Å²) >= 11 is 0. The third-order valence-corrected chi connectivity index (χ3v) is 9.68. The number of nitrogens with one attached hydrogen (secondary N) is 5. The van der Waals surface area contributed by atoms with Crippen molar-refractivity contribution >= 4 is 40.2 Å². The molecule has 3 aromatic carbocycles. The van der Waals surface area contributed by atoms with Gasteiger partial charge in [-0.1, -0.05) is 30.3 Å². The molecule has 48 heavy (non-hydrogen) atoms. The number of hydrogen-bond donors (Lipinski definition) is 6. The Bertz CT molecular complexity index is 1790. The largest absolute Gasteiger partial charge is 0.354 e. The number of amides is 4. The van der Waals surface area contributed by atoms with E-state index in [1.165, 1.54) is 0 Å². The number of aromatic amines is 1. The molecule has 0 radical (unpaired) electrons. The van der Waals surface area contributed by atoms with Crippen LogP contribution in [0.15, 0.2) is 66.9 Å². The maximum atomic E-state index is 13.6. The zero-order valence-electron chi connectivity index (χ0n) is 27.2. The molecule has 0 spiro atoms. The van der Waals surface area contributed by atoms with Crippen LogP contribution in [0.5, 0.6) is 0 Å². The quantitative estimate of drug-likeness (QED) is 0.152. The molecule has 2 aliphatic rings.